The topological polar surface area (TPSA) is 50.4 Å². The molecule has 2 N–H and O–H groups in total. The van der Waals surface area contributed by atoms with E-state index in [1.54, 1.807) is 18.2 Å². The van der Waals surface area contributed by atoms with Crippen LogP contribution in [0.1, 0.15) is 11.1 Å². The summed E-state index contributed by atoms with van der Waals surface area (Å²) in [5.41, 5.74) is 2.78. The van der Waals surface area contributed by atoms with Gasteiger partial charge >= 0.3 is 0 Å². The third-order valence-electron chi connectivity index (χ3n) is 3.13. The summed E-state index contributed by atoms with van der Waals surface area (Å²) in [6.45, 7) is 3.72. The first-order valence-electron chi connectivity index (χ1n) is 7.11. The Morgan fingerprint density at radius 2 is 2.00 bits per heavy atom. The number of thiocarbonyl (C=S) groups is 1. The standard InChI is InChI=1S/C17H16BrClN2O2S/c1-10-3-6-15(13(18)7-10)20-17(24)21-16(22)9-23-12-4-5-14(19)11(2)8-12/h3-8H,9H2,1-2H3,(H2,20,21,22,24). The van der Waals surface area contributed by atoms with E-state index >= 15 is 0 Å². The molecule has 0 fully saturated rings. The summed E-state index contributed by atoms with van der Waals surface area (Å²) < 4.78 is 6.29. The molecule has 2 rings (SSSR count). The highest BCUT2D eigenvalue weighted by molar-refractivity contribution is 9.10. The molecule has 0 spiro atoms. The van der Waals surface area contributed by atoms with Crippen molar-refractivity contribution in [3.63, 3.8) is 0 Å². The van der Waals surface area contributed by atoms with Crippen LogP contribution in [-0.4, -0.2) is 17.6 Å². The molecule has 7 heteroatoms. The van der Waals surface area contributed by atoms with Crippen LogP contribution in [0, 0.1) is 13.8 Å². The van der Waals surface area contributed by atoms with Crippen LogP contribution in [0.4, 0.5) is 5.69 Å². The van der Waals surface area contributed by atoms with E-state index in [1.807, 2.05) is 32.0 Å². The lowest BCUT2D eigenvalue weighted by molar-refractivity contribution is -0.121. The molecule has 0 saturated heterocycles. The number of hydrogen-bond acceptors (Lipinski definition) is 3. The first kappa shape index (κ1) is 18.7. The number of ether oxygens (including phenoxy) is 1. The normalized spacial score (nSPS) is 10.2. The van der Waals surface area contributed by atoms with E-state index in [-0.39, 0.29) is 17.6 Å². The van der Waals surface area contributed by atoms with Gasteiger partial charge in [0.25, 0.3) is 5.91 Å². The number of rotatable bonds is 4. The van der Waals surface area contributed by atoms with Crippen molar-refractivity contribution in [2.75, 3.05) is 11.9 Å². The number of nitrogens with one attached hydrogen (secondary N) is 2. The van der Waals surface area contributed by atoms with Gasteiger partial charge in [-0.1, -0.05) is 17.7 Å². The van der Waals surface area contributed by atoms with Gasteiger partial charge < -0.3 is 10.1 Å². The van der Waals surface area contributed by atoms with E-state index in [0.717, 1.165) is 21.3 Å². The van der Waals surface area contributed by atoms with Gasteiger partial charge in [0.15, 0.2) is 11.7 Å². The van der Waals surface area contributed by atoms with Gasteiger partial charge in [-0.15, -0.1) is 0 Å². The third-order valence-corrected chi connectivity index (χ3v) is 4.41. The van der Waals surface area contributed by atoms with Crippen LogP contribution in [-0.2, 0) is 4.79 Å². The van der Waals surface area contributed by atoms with Gasteiger partial charge in [-0.05, 0) is 83.5 Å². The highest BCUT2D eigenvalue weighted by Crippen LogP contribution is 2.23. The Balaban J connectivity index is 1.85. The van der Waals surface area contributed by atoms with Crippen molar-refractivity contribution in [1.82, 2.24) is 5.32 Å². The molecule has 0 saturated carbocycles. The molecule has 0 aromatic heterocycles. The summed E-state index contributed by atoms with van der Waals surface area (Å²) in [5.74, 6) is 0.232. The number of aryl methyl sites for hydroxylation is 2. The highest BCUT2D eigenvalue weighted by Gasteiger charge is 2.08. The first-order valence-corrected chi connectivity index (χ1v) is 8.69. The van der Waals surface area contributed by atoms with Crippen LogP contribution in [0.25, 0.3) is 0 Å². The predicted octanol–water partition coefficient (Wildman–Crippen LogP) is 4.61. The quantitative estimate of drug-likeness (QED) is 0.700. The molecular weight excluding hydrogens is 412 g/mol. The molecule has 0 aliphatic heterocycles. The Morgan fingerprint density at radius 1 is 1.25 bits per heavy atom. The largest absolute Gasteiger partial charge is 0.484 e. The van der Waals surface area contributed by atoms with Crippen molar-refractivity contribution >= 4 is 56.5 Å². The van der Waals surface area contributed by atoms with Gasteiger partial charge in [0, 0.05) is 9.50 Å². The van der Waals surface area contributed by atoms with Gasteiger partial charge in [-0.25, -0.2) is 0 Å². The lowest BCUT2D eigenvalue weighted by Gasteiger charge is -2.12. The smallest absolute Gasteiger partial charge is 0.264 e. The Morgan fingerprint density at radius 3 is 2.67 bits per heavy atom. The zero-order valence-corrected chi connectivity index (χ0v) is 16.3. The number of halogens is 2. The Labute approximate surface area is 159 Å². The maximum atomic E-state index is 11.9. The van der Waals surface area contributed by atoms with E-state index in [1.165, 1.54) is 0 Å². The second kappa shape index (κ2) is 8.46. The molecule has 0 aliphatic rings. The summed E-state index contributed by atoms with van der Waals surface area (Å²) in [4.78, 5) is 11.9. The molecule has 4 nitrogen and oxygen atoms in total. The molecule has 1 amide bonds. The Kier molecular flexibility index (Phi) is 6.60. The molecule has 0 heterocycles. The van der Waals surface area contributed by atoms with Crippen LogP contribution in [0.3, 0.4) is 0 Å². The molecular formula is C17H16BrClN2O2S. The molecule has 0 radical (unpaired) electrons. The summed E-state index contributed by atoms with van der Waals surface area (Å²) in [7, 11) is 0. The molecule has 2 aromatic rings. The minimum Gasteiger partial charge on any atom is -0.484 e. The second-order valence-corrected chi connectivity index (χ2v) is 6.86. The zero-order chi connectivity index (χ0) is 17.7. The summed E-state index contributed by atoms with van der Waals surface area (Å²) in [6, 6.07) is 11.0. The van der Waals surface area contributed by atoms with Gasteiger partial charge in [0.05, 0.1) is 5.69 Å². The summed E-state index contributed by atoms with van der Waals surface area (Å²) in [6.07, 6.45) is 0. The van der Waals surface area contributed by atoms with Gasteiger partial charge in [0.1, 0.15) is 5.75 Å². The van der Waals surface area contributed by atoms with Crippen LogP contribution >= 0.6 is 39.7 Å². The molecule has 0 aliphatic carbocycles. The fraction of sp³-hybridized carbons (Fsp3) is 0.176. The van der Waals surface area contributed by atoms with Crippen molar-refractivity contribution in [3.8, 4) is 5.75 Å². The second-order valence-electron chi connectivity index (χ2n) is 5.19. The van der Waals surface area contributed by atoms with Gasteiger partial charge in [-0.2, -0.15) is 0 Å². The molecule has 0 unspecified atom stereocenters. The number of amides is 1. The van der Waals surface area contributed by atoms with Crippen LogP contribution in [0.2, 0.25) is 5.02 Å². The predicted molar refractivity (Wildman–Crippen MR) is 105 cm³/mol. The fourth-order valence-electron chi connectivity index (χ4n) is 1.89. The number of carbonyl (C=O) groups excluding carboxylic acids is 1. The van der Waals surface area contributed by atoms with Crippen molar-refractivity contribution in [2.24, 2.45) is 0 Å². The first-order chi connectivity index (χ1) is 11.3. The lowest BCUT2D eigenvalue weighted by Crippen LogP contribution is -2.37. The monoisotopic (exact) mass is 426 g/mol. The third kappa shape index (κ3) is 5.47. The fourth-order valence-corrected chi connectivity index (χ4v) is 2.83. The summed E-state index contributed by atoms with van der Waals surface area (Å²) >= 11 is 14.5. The van der Waals surface area contributed by atoms with Crippen LogP contribution < -0.4 is 15.4 Å². The Bertz CT molecular complexity index is 783. The number of carbonyl (C=O) groups is 1. The van der Waals surface area contributed by atoms with Crippen LogP contribution in [0.15, 0.2) is 40.9 Å². The van der Waals surface area contributed by atoms with Crippen molar-refractivity contribution < 1.29 is 9.53 Å². The highest BCUT2D eigenvalue weighted by atomic mass is 79.9. The van der Waals surface area contributed by atoms with E-state index in [0.29, 0.717) is 10.8 Å². The van der Waals surface area contributed by atoms with Crippen LogP contribution in [0.5, 0.6) is 5.75 Å². The van der Waals surface area contributed by atoms with E-state index in [9.17, 15) is 4.79 Å². The average Bonchev–Trinajstić information content (AvgIpc) is 2.51. The summed E-state index contributed by atoms with van der Waals surface area (Å²) in [5, 5.41) is 6.40. The van der Waals surface area contributed by atoms with E-state index in [2.05, 4.69) is 26.6 Å². The average molecular weight is 428 g/mol. The SMILES string of the molecule is Cc1ccc(NC(=S)NC(=O)COc2ccc(Cl)c(C)c2)c(Br)c1. The van der Waals surface area contributed by atoms with E-state index in [4.69, 9.17) is 28.6 Å². The number of anilines is 1. The minimum absolute atomic E-state index is 0.141. The maximum absolute atomic E-state index is 11.9. The zero-order valence-electron chi connectivity index (χ0n) is 13.2. The number of benzene rings is 2. The molecule has 2 aromatic carbocycles. The van der Waals surface area contributed by atoms with Crippen molar-refractivity contribution in [2.45, 2.75) is 13.8 Å². The van der Waals surface area contributed by atoms with Gasteiger partial charge in [0.2, 0.25) is 0 Å². The van der Waals surface area contributed by atoms with E-state index < -0.39 is 0 Å². The van der Waals surface area contributed by atoms with Crippen molar-refractivity contribution in [1.29, 1.82) is 0 Å². The Hall–Kier alpha value is -1.63. The maximum Gasteiger partial charge on any atom is 0.264 e. The minimum atomic E-state index is -0.344. The molecule has 24 heavy (non-hydrogen) atoms. The number of hydrogen-bond donors (Lipinski definition) is 2. The lowest BCUT2D eigenvalue weighted by atomic mass is 10.2. The van der Waals surface area contributed by atoms with Gasteiger partial charge in [-0.3, -0.25) is 10.1 Å². The molecule has 0 atom stereocenters. The van der Waals surface area contributed by atoms with Crippen molar-refractivity contribution in [3.05, 3.63) is 57.0 Å². The molecule has 126 valence electrons. The molecule has 0 bridgehead atoms.